The molecule has 0 spiro atoms. The van der Waals surface area contributed by atoms with E-state index in [4.69, 9.17) is 10.7 Å². The van der Waals surface area contributed by atoms with Crippen molar-refractivity contribution in [1.82, 2.24) is 9.97 Å². The molecule has 0 unspecified atom stereocenters. The number of anilines is 5. The number of nitrogens with one attached hydrogen (secondary N) is 1. The first-order valence-electron chi connectivity index (χ1n) is 11.2. The van der Waals surface area contributed by atoms with Crippen LogP contribution >= 0.6 is 0 Å². The van der Waals surface area contributed by atoms with Gasteiger partial charge < -0.3 is 11.1 Å². The monoisotopic (exact) mass is 428 g/mol. The Labute approximate surface area is 188 Å². The number of carbonyl (C=O) groups is 1. The SMILES string of the molecule is Cc1cccc(C)c1N1Cc2cnc(Nc3ccc(N)cc3)nc2N(C2CCCC2)C1=O. The number of aromatic nitrogens is 2. The van der Waals surface area contributed by atoms with Gasteiger partial charge in [0.05, 0.1) is 12.2 Å². The molecule has 7 nitrogen and oxygen atoms in total. The number of fused-ring (bicyclic) bond motifs is 1. The van der Waals surface area contributed by atoms with E-state index in [2.05, 4.69) is 36.3 Å². The highest BCUT2D eigenvalue weighted by atomic mass is 16.2. The molecule has 0 saturated heterocycles. The fourth-order valence-electron chi connectivity index (χ4n) is 4.83. The standard InChI is InChI=1S/C25H28N6O/c1-16-6-5-7-17(2)22(16)30-15-18-14-27-24(28-20-12-10-19(26)11-13-20)29-23(18)31(25(30)32)21-8-3-4-9-21/h5-7,10-14,21H,3-4,8-9,15,26H2,1-2H3,(H,27,28,29). The number of nitrogens with two attached hydrogens (primary N) is 1. The van der Waals surface area contributed by atoms with Crippen molar-refractivity contribution in [1.29, 1.82) is 0 Å². The summed E-state index contributed by atoms with van der Waals surface area (Å²) in [6.45, 7) is 4.58. The Balaban J connectivity index is 1.55. The Bertz CT molecular complexity index is 1130. The number of hydrogen-bond acceptors (Lipinski definition) is 5. The van der Waals surface area contributed by atoms with Crippen LogP contribution in [0.1, 0.15) is 42.4 Å². The predicted octanol–water partition coefficient (Wildman–Crippen LogP) is 5.31. The lowest BCUT2D eigenvalue weighted by Gasteiger charge is -2.40. The van der Waals surface area contributed by atoms with Crippen LogP contribution in [0.15, 0.2) is 48.7 Å². The molecule has 1 saturated carbocycles. The number of aryl methyl sites for hydroxylation is 2. The van der Waals surface area contributed by atoms with Crippen LogP contribution in [-0.4, -0.2) is 22.0 Å². The van der Waals surface area contributed by atoms with E-state index < -0.39 is 0 Å². The zero-order chi connectivity index (χ0) is 22.2. The van der Waals surface area contributed by atoms with E-state index in [1.165, 1.54) is 0 Å². The molecule has 3 aromatic rings. The molecule has 7 heteroatoms. The number of benzene rings is 2. The van der Waals surface area contributed by atoms with Crippen LogP contribution in [-0.2, 0) is 6.54 Å². The van der Waals surface area contributed by atoms with Gasteiger partial charge in [0.15, 0.2) is 0 Å². The lowest BCUT2D eigenvalue weighted by atomic mass is 10.1. The van der Waals surface area contributed by atoms with Gasteiger partial charge in [-0.1, -0.05) is 31.0 Å². The number of nitrogen functional groups attached to an aromatic ring is 1. The molecule has 1 aromatic heterocycles. The summed E-state index contributed by atoms with van der Waals surface area (Å²) >= 11 is 0. The Morgan fingerprint density at radius 1 is 1.03 bits per heavy atom. The molecule has 3 N–H and O–H groups in total. The molecule has 0 atom stereocenters. The molecule has 1 aliphatic carbocycles. The summed E-state index contributed by atoms with van der Waals surface area (Å²) < 4.78 is 0. The summed E-state index contributed by atoms with van der Waals surface area (Å²) in [6.07, 6.45) is 6.10. The summed E-state index contributed by atoms with van der Waals surface area (Å²) in [4.78, 5) is 27.0. The molecule has 1 fully saturated rings. The fraction of sp³-hybridized carbons (Fsp3) is 0.320. The van der Waals surface area contributed by atoms with Crippen molar-refractivity contribution in [3.8, 4) is 0 Å². The first-order chi connectivity index (χ1) is 15.5. The van der Waals surface area contributed by atoms with Gasteiger partial charge >= 0.3 is 6.03 Å². The van der Waals surface area contributed by atoms with E-state index in [0.29, 0.717) is 18.2 Å². The van der Waals surface area contributed by atoms with Crippen molar-refractivity contribution >= 4 is 34.9 Å². The molecule has 2 amide bonds. The third kappa shape index (κ3) is 3.64. The first kappa shape index (κ1) is 20.3. The third-order valence-electron chi connectivity index (χ3n) is 6.40. The van der Waals surface area contributed by atoms with Gasteiger partial charge in [-0.25, -0.2) is 9.78 Å². The van der Waals surface area contributed by atoms with Gasteiger partial charge in [0.25, 0.3) is 0 Å². The molecule has 0 radical (unpaired) electrons. The highest BCUT2D eigenvalue weighted by molar-refractivity contribution is 6.06. The molecule has 2 aliphatic rings. The number of amides is 2. The van der Waals surface area contributed by atoms with Gasteiger partial charge in [0, 0.05) is 29.2 Å². The van der Waals surface area contributed by atoms with Crippen LogP contribution in [0.25, 0.3) is 0 Å². The molecule has 1 aliphatic heterocycles. The maximum absolute atomic E-state index is 13.8. The zero-order valence-electron chi connectivity index (χ0n) is 18.5. The highest BCUT2D eigenvalue weighted by Crippen LogP contribution is 2.38. The second-order valence-corrected chi connectivity index (χ2v) is 8.71. The molecular weight excluding hydrogens is 400 g/mol. The summed E-state index contributed by atoms with van der Waals surface area (Å²) in [5.74, 6) is 1.20. The van der Waals surface area contributed by atoms with Crippen molar-refractivity contribution in [3.63, 3.8) is 0 Å². The largest absolute Gasteiger partial charge is 0.399 e. The first-order valence-corrected chi connectivity index (χ1v) is 11.2. The Kier molecular flexibility index (Phi) is 5.17. The van der Waals surface area contributed by atoms with Gasteiger partial charge in [-0.15, -0.1) is 0 Å². The fourth-order valence-corrected chi connectivity index (χ4v) is 4.83. The van der Waals surface area contributed by atoms with Crippen molar-refractivity contribution < 1.29 is 4.79 Å². The van der Waals surface area contributed by atoms with Crippen LogP contribution in [0, 0.1) is 13.8 Å². The molecule has 2 heterocycles. The van der Waals surface area contributed by atoms with Crippen LogP contribution in [0.3, 0.4) is 0 Å². The number of hydrogen-bond donors (Lipinski definition) is 2. The lowest BCUT2D eigenvalue weighted by molar-refractivity contribution is 0.247. The van der Waals surface area contributed by atoms with E-state index in [9.17, 15) is 4.79 Å². The van der Waals surface area contributed by atoms with E-state index in [1.807, 2.05) is 46.3 Å². The second kappa shape index (κ2) is 8.15. The molecule has 2 aromatic carbocycles. The lowest BCUT2D eigenvalue weighted by Crippen LogP contribution is -2.52. The summed E-state index contributed by atoms with van der Waals surface area (Å²) in [5.41, 5.74) is 11.5. The van der Waals surface area contributed by atoms with Crippen molar-refractivity contribution in [3.05, 3.63) is 65.4 Å². The van der Waals surface area contributed by atoms with E-state index in [-0.39, 0.29) is 12.1 Å². The minimum Gasteiger partial charge on any atom is -0.399 e. The number of para-hydroxylation sites is 1. The minimum atomic E-state index is -0.000986. The van der Waals surface area contributed by atoms with Crippen LogP contribution in [0.2, 0.25) is 0 Å². The van der Waals surface area contributed by atoms with E-state index >= 15 is 0 Å². The number of urea groups is 1. The van der Waals surface area contributed by atoms with E-state index in [0.717, 1.165) is 59.6 Å². The highest BCUT2D eigenvalue weighted by Gasteiger charge is 2.39. The molecule has 0 bridgehead atoms. The number of rotatable bonds is 4. The summed E-state index contributed by atoms with van der Waals surface area (Å²) in [5, 5.41) is 3.24. The Morgan fingerprint density at radius 3 is 2.41 bits per heavy atom. The van der Waals surface area contributed by atoms with Gasteiger partial charge in [-0.05, 0) is 62.1 Å². The maximum Gasteiger partial charge on any atom is 0.330 e. The van der Waals surface area contributed by atoms with Crippen molar-refractivity contribution in [2.75, 3.05) is 20.9 Å². The molecule has 32 heavy (non-hydrogen) atoms. The Morgan fingerprint density at radius 2 is 1.72 bits per heavy atom. The summed E-state index contributed by atoms with van der Waals surface area (Å²) in [6, 6.07) is 13.7. The second-order valence-electron chi connectivity index (χ2n) is 8.71. The molecule has 164 valence electrons. The van der Waals surface area contributed by atoms with Crippen molar-refractivity contribution in [2.45, 2.75) is 52.1 Å². The summed E-state index contributed by atoms with van der Waals surface area (Å²) in [7, 11) is 0. The van der Waals surface area contributed by atoms with Gasteiger partial charge in [-0.2, -0.15) is 4.98 Å². The predicted molar refractivity (Wildman–Crippen MR) is 128 cm³/mol. The normalized spacial score (nSPS) is 16.4. The van der Waals surface area contributed by atoms with Crippen LogP contribution in [0.4, 0.5) is 33.6 Å². The molecular formula is C25H28N6O. The quantitative estimate of drug-likeness (QED) is 0.550. The van der Waals surface area contributed by atoms with Crippen molar-refractivity contribution in [2.24, 2.45) is 0 Å². The minimum absolute atomic E-state index is 0.000986. The van der Waals surface area contributed by atoms with Gasteiger partial charge in [0.1, 0.15) is 5.82 Å². The molecule has 5 rings (SSSR count). The zero-order valence-corrected chi connectivity index (χ0v) is 18.5. The van der Waals surface area contributed by atoms with Gasteiger partial charge in [-0.3, -0.25) is 9.80 Å². The Hall–Kier alpha value is -3.61. The number of carbonyl (C=O) groups excluding carboxylic acids is 1. The van der Waals surface area contributed by atoms with E-state index in [1.54, 1.807) is 0 Å². The van der Waals surface area contributed by atoms with Gasteiger partial charge in [0.2, 0.25) is 5.95 Å². The van der Waals surface area contributed by atoms with Crippen LogP contribution < -0.4 is 20.9 Å². The topological polar surface area (TPSA) is 87.4 Å². The average Bonchev–Trinajstić information content (AvgIpc) is 3.30. The number of nitrogens with zero attached hydrogens (tertiary/aromatic N) is 4. The average molecular weight is 429 g/mol. The van der Waals surface area contributed by atoms with Crippen LogP contribution in [0.5, 0.6) is 0 Å². The third-order valence-corrected chi connectivity index (χ3v) is 6.40. The maximum atomic E-state index is 13.8. The smallest absolute Gasteiger partial charge is 0.330 e.